The summed E-state index contributed by atoms with van der Waals surface area (Å²) in [5.74, 6) is 0.782. The maximum Gasteiger partial charge on any atom is 0.387 e. The Morgan fingerprint density at radius 2 is 1.83 bits per heavy atom. The van der Waals surface area contributed by atoms with Gasteiger partial charge in [0.05, 0.1) is 6.54 Å². The maximum atomic E-state index is 12.5. The number of rotatable bonds is 8. The number of aromatic nitrogens is 1. The Morgan fingerprint density at radius 1 is 1.07 bits per heavy atom. The summed E-state index contributed by atoms with van der Waals surface area (Å²) in [6.07, 6.45) is 2.86. The number of hydrogen-bond acceptors (Lipinski definition) is 2. The summed E-state index contributed by atoms with van der Waals surface area (Å²) in [6, 6.07) is 14.9. The van der Waals surface area contributed by atoms with Crippen molar-refractivity contribution in [3.05, 3.63) is 65.9 Å². The predicted octanol–water partition coefficient (Wildman–Crippen LogP) is 4.69. The molecule has 0 aliphatic rings. The highest BCUT2D eigenvalue weighted by Crippen LogP contribution is 2.21. The van der Waals surface area contributed by atoms with Crippen molar-refractivity contribution in [2.24, 2.45) is 4.99 Å². The van der Waals surface area contributed by atoms with E-state index in [2.05, 4.69) is 37.5 Å². The third-order valence-electron chi connectivity index (χ3n) is 4.30. The smallest absolute Gasteiger partial charge is 0.387 e. The van der Waals surface area contributed by atoms with Gasteiger partial charge >= 0.3 is 6.61 Å². The van der Waals surface area contributed by atoms with Crippen LogP contribution in [0.1, 0.15) is 18.1 Å². The molecule has 3 N–H and O–H groups in total. The Labute approximate surface area is 186 Å². The van der Waals surface area contributed by atoms with Crippen LogP contribution in [0.3, 0.4) is 0 Å². The fraction of sp³-hybridized carbons (Fsp3) is 0.286. The lowest BCUT2D eigenvalue weighted by Crippen LogP contribution is -2.38. The molecule has 8 heteroatoms. The molecule has 0 saturated heterocycles. The van der Waals surface area contributed by atoms with Crippen molar-refractivity contribution < 1.29 is 13.5 Å². The number of guanidine groups is 1. The second-order valence-corrected chi connectivity index (χ2v) is 6.22. The number of fused-ring (bicyclic) bond motifs is 1. The van der Waals surface area contributed by atoms with Gasteiger partial charge in [-0.25, -0.2) is 4.99 Å². The first-order valence-electron chi connectivity index (χ1n) is 9.27. The summed E-state index contributed by atoms with van der Waals surface area (Å²) < 4.78 is 29.7. The zero-order valence-corrected chi connectivity index (χ0v) is 18.5. The quantitative estimate of drug-likeness (QED) is 0.232. The van der Waals surface area contributed by atoms with Gasteiger partial charge in [-0.2, -0.15) is 8.78 Å². The van der Waals surface area contributed by atoms with Crippen molar-refractivity contribution in [2.75, 3.05) is 13.1 Å². The van der Waals surface area contributed by atoms with Crippen molar-refractivity contribution in [3.63, 3.8) is 0 Å². The van der Waals surface area contributed by atoms with Gasteiger partial charge in [-0.15, -0.1) is 24.0 Å². The SMILES string of the molecule is CCNC(=NCc1ccccc1OC(F)F)NCCc1c[nH]c2ccccc12.I. The van der Waals surface area contributed by atoms with E-state index in [1.165, 1.54) is 17.0 Å². The monoisotopic (exact) mass is 514 g/mol. The van der Waals surface area contributed by atoms with Crippen LogP contribution in [0.5, 0.6) is 5.75 Å². The molecular formula is C21H25F2IN4O. The average Bonchev–Trinajstić information content (AvgIpc) is 3.10. The first-order valence-corrected chi connectivity index (χ1v) is 9.27. The van der Waals surface area contributed by atoms with E-state index in [0.29, 0.717) is 24.6 Å². The number of halogens is 3. The maximum absolute atomic E-state index is 12.5. The molecule has 0 aliphatic carbocycles. The summed E-state index contributed by atoms with van der Waals surface area (Å²) in [7, 11) is 0. The Hall–Kier alpha value is -2.36. The van der Waals surface area contributed by atoms with E-state index in [1.807, 2.05) is 25.3 Å². The molecule has 3 aromatic rings. The highest BCUT2D eigenvalue weighted by molar-refractivity contribution is 14.0. The molecule has 3 rings (SSSR count). The minimum absolute atomic E-state index is 0. The number of para-hydroxylation sites is 2. The highest BCUT2D eigenvalue weighted by Gasteiger charge is 2.09. The standard InChI is InChI=1S/C21H24F2N4O.HI/c1-2-24-21(27-14-16-7-3-6-10-19(16)28-20(22)23)25-12-11-15-13-26-18-9-5-4-8-17(15)18;/h3-10,13,20,26H,2,11-12,14H2,1H3,(H2,24,25,27);1H. The van der Waals surface area contributed by atoms with E-state index in [9.17, 15) is 8.78 Å². The molecule has 156 valence electrons. The van der Waals surface area contributed by atoms with Gasteiger partial charge < -0.3 is 20.4 Å². The van der Waals surface area contributed by atoms with Crippen molar-refractivity contribution in [1.82, 2.24) is 15.6 Å². The van der Waals surface area contributed by atoms with Crippen LogP contribution in [0.2, 0.25) is 0 Å². The molecule has 0 aliphatic heterocycles. The molecule has 0 unspecified atom stereocenters. The van der Waals surface area contributed by atoms with Crippen LogP contribution in [0, 0.1) is 0 Å². The number of alkyl halides is 2. The van der Waals surface area contributed by atoms with Gasteiger partial charge in [0.1, 0.15) is 5.75 Å². The number of nitrogens with one attached hydrogen (secondary N) is 3. The molecule has 29 heavy (non-hydrogen) atoms. The lowest BCUT2D eigenvalue weighted by Gasteiger charge is -2.12. The van der Waals surface area contributed by atoms with Gasteiger partial charge in [0.15, 0.2) is 5.96 Å². The number of H-pyrrole nitrogens is 1. The van der Waals surface area contributed by atoms with Crippen LogP contribution in [-0.2, 0) is 13.0 Å². The lowest BCUT2D eigenvalue weighted by molar-refractivity contribution is -0.0504. The van der Waals surface area contributed by atoms with E-state index in [-0.39, 0.29) is 36.3 Å². The van der Waals surface area contributed by atoms with Gasteiger partial charge in [0, 0.05) is 35.8 Å². The fourth-order valence-corrected chi connectivity index (χ4v) is 3.01. The van der Waals surface area contributed by atoms with Gasteiger partial charge in [-0.1, -0.05) is 36.4 Å². The fourth-order valence-electron chi connectivity index (χ4n) is 3.01. The van der Waals surface area contributed by atoms with Crippen molar-refractivity contribution >= 4 is 40.8 Å². The second kappa shape index (κ2) is 11.6. The largest absolute Gasteiger partial charge is 0.434 e. The topological polar surface area (TPSA) is 61.4 Å². The van der Waals surface area contributed by atoms with Crippen LogP contribution in [0.25, 0.3) is 10.9 Å². The van der Waals surface area contributed by atoms with E-state index >= 15 is 0 Å². The molecule has 0 fully saturated rings. The summed E-state index contributed by atoms with van der Waals surface area (Å²) in [6.45, 7) is 0.764. The molecule has 0 radical (unpaired) electrons. The number of hydrogen-bond donors (Lipinski definition) is 3. The van der Waals surface area contributed by atoms with E-state index < -0.39 is 6.61 Å². The molecule has 1 heterocycles. The molecule has 5 nitrogen and oxygen atoms in total. The molecule has 0 amide bonds. The summed E-state index contributed by atoms with van der Waals surface area (Å²) in [4.78, 5) is 7.77. The minimum Gasteiger partial charge on any atom is -0.434 e. The molecule has 1 aromatic heterocycles. The van der Waals surface area contributed by atoms with Crippen molar-refractivity contribution in [1.29, 1.82) is 0 Å². The zero-order valence-electron chi connectivity index (χ0n) is 16.1. The molecule has 0 spiro atoms. The number of nitrogens with zero attached hydrogens (tertiary/aromatic N) is 1. The number of ether oxygens (including phenoxy) is 1. The lowest BCUT2D eigenvalue weighted by atomic mass is 10.1. The van der Waals surface area contributed by atoms with Crippen LogP contribution >= 0.6 is 24.0 Å². The van der Waals surface area contributed by atoms with Crippen LogP contribution in [0.4, 0.5) is 8.78 Å². The number of aromatic amines is 1. The zero-order chi connectivity index (χ0) is 19.8. The normalized spacial score (nSPS) is 11.4. The Bertz CT molecular complexity index is 930. The number of benzene rings is 2. The predicted molar refractivity (Wildman–Crippen MR) is 123 cm³/mol. The van der Waals surface area contributed by atoms with Crippen molar-refractivity contribution in [2.45, 2.75) is 26.5 Å². The first-order chi connectivity index (χ1) is 13.7. The van der Waals surface area contributed by atoms with Crippen LogP contribution in [0.15, 0.2) is 59.7 Å². The molecule has 0 atom stereocenters. The first kappa shape index (κ1) is 22.9. The van der Waals surface area contributed by atoms with Crippen LogP contribution in [-0.4, -0.2) is 30.6 Å². The Kier molecular flexibility index (Phi) is 9.17. The van der Waals surface area contributed by atoms with Crippen LogP contribution < -0.4 is 15.4 Å². The van der Waals surface area contributed by atoms with Gasteiger partial charge in [-0.3, -0.25) is 0 Å². The Morgan fingerprint density at radius 3 is 2.62 bits per heavy atom. The Balaban J connectivity index is 0.00000300. The third-order valence-corrected chi connectivity index (χ3v) is 4.30. The summed E-state index contributed by atoms with van der Waals surface area (Å²) >= 11 is 0. The molecule has 0 saturated carbocycles. The summed E-state index contributed by atoms with van der Waals surface area (Å²) in [5, 5.41) is 7.67. The highest BCUT2D eigenvalue weighted by atomic mass is 127. The van der Waals surface area contributed by atoms with Gasteiger partial charge in [0.2, 0.25) is 0 Å². The minimum atomic E-state index is -2.85. The van der Waals surface area contributed by atoms with Crippen molar-refractivity contribution in [3.8, 4) is 5.75 Å². The van der Waals surface area contributed by atoms with Gasteiger partial charge in [-0.05, 0) is 31.0 Å². The molecular weight excluding hydrogens is 489 g/mol. The molecule has 0 bridgehead atoms. The van der Waals surface area contributed by atoms with E-state index in [1.54, 1.807) is 18.2 Å². The molecule has 2 aromatic carbocycles. The van der Waals surface area contributed by atoms with E-state index in [4.69, 9.17) is 0 Å². The number of aliphatic imine (C=N–C) groups is 1. The summed E-state index contributed by atoms with van der Waals surface area (Å²) in [5.41, 5.74) is 2.96. The van der Waals surface area contributed by atoms with Gasteiger partial charge in [0.25, 0.3) is 0 Å². The third kappa shape index (κ3) is 6.59. The van der Waals surface area contributed by atoms with E-state index in [0.717, 1.165) is 11.9 Å². The average molecular weight is 514 g/mol. The second-order valence-electron chi connectivity index (χ2n) is 6.22.